The first kappa shape index (κ1) is 9.05. The van der Waals surface area contributed by atoms with Gasteiger partial charge in [0.1, 0.15) is 0 Å². The summed E-state index contributed by atoms with van der Waals surface area (Å²) in [5.41, 5.74) is 0. The lowest BCUT2D eigenvalue weighted by atomic mass is 9.74. The molecule has 0 radical (unpaired) electrons. The van der Waals surface area contributed by atoms with Gasteiger partial charge in [-0.3, -0.25) is 0 Å². The van der Waals surface area contributed by atoms with Crippen LogP contribution in [-0.4, -0.2) is 12.6 Å². The lowest BCUT2D eigenvalue weighted by Gasteiger charge is -2.35. The molecule has 0 amide bonds. The zero-order valence-electron chi connectivity index (χ0n) is 8.06. The molecule has 0 aromatic carbocycles. The Kier molecular flexibility index (Phi) is 3.38. The van der Waals surface area contributed by atoms with Crippen molar-refractivity contribution in [3.8, 4) is 0 Å². The molecule has 1 N–H and O–H groups in total. The number of hydrogen-bond donors (Lipinski definition) is 1. The van der Waals surface area contributed by atoms with Crippen molar-refractivity contribution >= 4 is 0 Å². The van der Waals surface area contributed by atoms with Gasteiger partial charge in [-0.15, -0.1) is 0 Å². The van der Waals surface area contributed by atoms with Crippen LogP contribution >= 0.6 is 0 Å². The van der Waals surface area contributed by atoms with Gasteiger partial charge >= 0.3 is 0 Å². The maximum atomic E-state index is 3.49. The standard InChI is InChI=1S/C10H21N/c1-4-11-9(3)8(2)10-6-5-7-10/h8-11H,4-7H2,1-3H3. The minimum absolute atomic E-state index is 0.713. The molecule has 11 heavy (non-hydrogen) atoms. The van der Waals surface area contributed by atoms with Crippen molar-refractivity contribution in [2.24, 2.45) is 11.8 Å². The van der Waals surface area contributed by atoms with Crippen LogP contribution in [0.3, 0.4) is 0 Å². The topological polar surface area (TPSA) is 12.0 Å². The van der Waals surface area contributed by atoms with Gasteiger partial charge in [-0.25, -0.2) is 0 Å². The highest BCUT2D eigenvalue weighted by molar-refractivity contribution is 4.80. The SMILES string of the molecule is CCNC(C)C(C)C1CCC1. The quantitative estimate of drug-likeness (QED) is 0.657. The molecule has 66 valence electrons. The highest BCUT2D eigenvalue weighted by Crippen LogP contribution is 2.34. The molecule has 1 aliphatic carbocycles. The van der Waals surface area contributed by atoms with Crippen molar-refractivity contribution in [2.45, 2.75) is 46.1 Å². The molecule has 0 saturated heterocycles. The summed E-state index contributed by atoms with van der Waals surface area (Å²) in [4.78, 5) is 0. The normalized spacial score (nSPS) is 24.3. The van der Waals surface area contributed by atoms with Gasteiger partial charge in [0.25, 0.3) is 0 Å². The summed E-state index contributed by atoms with van der Waals surface area (Å²) < 4.78 is 0. The third-order valence-corrected chi connectivity index (χ3v) is 3.21. The average molecular weight is 155 g/mol. The summed E-state index contributed by atoms with van der Waals surface area (Å²) in [6.45, 7) is 7.99. The molecule has 1 saturated carbocycles. The predicted octanol–water partition coefficient (Wildman–Crippen LogP) is 2.42. The molecule has 1 rings (SSSR count). The molecule has 1 fully saturated rings. The minimum atomic E-state index is 0.713. The van der Waals surface area contributed by atoms with Crippen LogP contribution in [0.2, 0.25) is 0 Å². The van der Waals surface area contributed by atoms with Crippen LogP contribution in [0.1, 0.15) is 40.0 Å². The Labute approximate surface area is 70.6 Å². The fourth-order valence-corrected chi connectivity index (χ4v) is 1.88. The summed E-state index contributed by atoms with van der Waals surface area (Å²) in [7, 11) is 0. The van der Waals surface area contributed by atoms with Gasteiger partial charge in [-0.1, -0.05) is 33.1 Å². The summed E-state index contributed by atoms with van der Waals surface area (Å²) in [5, 5.41) is 3.49. The van der Waals surface area contributed by atoms with E-state index in [1.165, 1.54) is 19.3 Å². The van der Waals surface area contributed by atoms with Crippen molar-refractivity contribution < 1.29 is 0 Å². The Morgan fingerprint density at radius 2 is 2.00 bits per heavy atom. The van der Waals surface area contributed by atoms with E-state index in [1.54, 1.807) is 0 Å². The predicted molar refractivity (Wildman–Crippen MR) is 49.6 cm³/mol. The molecule has 0 bridgehead atoms. The van der Waals surface area contributed by atoms with Crippen molar-refractivity contribution in [1.29, 1.82) is 0 Å². The average Bonchev–Trinajstić information content (AvgIpc) is 1.84. The molecule has 2 atom stereocenters. The van der Waals surface area contributed by atoms with E-state index in [2.05, 4.69) is 26.1 Å². The Bertz CT molecular complexity index is 107. The van der Waals surface area contributed by atoms with E-state index in [1.807, 2.05) is 0 Å². The first-order valence-corrected chi connectivity index (χ1v) is 4.99. The van der Waals surface area contributed by atoms with E-state index >= 15 is 0 Å². The maximum absolute atomic E-state index is 3.49. The van der Waals surface area contributed by atoms with Gasteiger partial charge in [-0.2, -0.15) is 0 Å². The smallest absolute Gasteiger partial charge is 0.00668 e. The van der Waals surface area contributed by atoms with Crippen molar-refractivity contribution in [3.63, 3.8) is 0 Å². The summed E-state index contributed by atoms with van der Waals surface area (Å²) in [6.07, 6.45) is 4.40. The van der Waals surface area contributed by atoms with Gasteiger partial charge in [0, 0.05) is 6.04 Å². The second-order valence-electron chi connectivity index (χ2n) is 3.90. The molecular formula is C10H21N. The zero-order valence-corrected chi connectivity index (χ0v) is 8.06. The van der Waals surface area contributed by atoms with Gasteiger partial charge < -0.3 is 5.32 Å². The fourth-order valence-electron chi connectivity index (χ4n) is 1.88. The summed E-state index contributed by atoms with van der Waals surface area (Å²) in [6, 6.07) is 0.713. The van der Waals surface area contributed by atoms with E-state index in [0.29, 0.717) is 6.04 Å². The molecule has 0 spiro atoms. The molecule has 0 aliphatic heterocycles. The molecule has 0 aromatic heterocycles. The second kappa shape index (κ2) is 4.10. The monoisotopic (exact) mass is 155 g/mol. The van der Waals surface area contributed by atoms with Crippen LogP contribution in [0.15, 0.2) is 0 Å². The lowest BCUT2D eigenvalue weighted by Crippen LogP contribution is -2.37. The lowest BCUT2D eigenvalue weighted by molar-refractivity contribution is 0.183. The maximum Gasteiger partial charge on any atom is 0.00668 e. The molecule has 1 nitrogen and oxygen atoms in total. The Balaban J connectivity index is 2.21. The van der Waals surface area contributed by atoms with Crippen LogP contribution in [0.25, 0.3) is 0 Å². The first-order valence-electron chi connectivity index (χ1n) is 4.99. The van der Waals surface area contributed by atoms with Crippen molar-refractivity contribution in [3.05, 3.63) is 0 Å². The molecule has 1 aliphatic rings. The number of rotatable bonds is 4. The first-order chi connectivity index (χ1) is 5.25. The Hall–Kier alpha value is -0.0400. The largest absolute Gasteiger partial charge is 0.314 e. The second-order valence-corrected chi connectivity index (χ2v) is 3.90. The third-order valence-electron chi connectivity index (χ3n) is 3.21. The third kappa shape index (κ3) is 2.19. The minimum Gasteiger partial charge on any atom is -0.314 e. The number of nitrogens with one attached hydrogen (secondary N) is 1. The zero-order chi connectivity index (χ0) is 8.27. The molecule has 2 unspecified atom stereocenters. The van der Waals surface area contributed by atoms with E-state index in [4.69, 9.17) is 0 Å². The van der Waals surface area contributed by atoms with Crippen LogP contribution in [0.5, 0.6) is 0 Å². The highest BCUT2D eigenvalue weighted by Gasteiger charge is 2.26. The summed E-state index contributed by atoms with van der Waals surface area (Å²) >= 11 is 0. The van der Waals surface area contributed by atoms with Crippen LogP contribution < -0.4 is 5.32 Å². The van der Waals surface area contributed by atoms with E-state index < -0.39 is 0 Å². The molecular weight excluding hydrogens is 134 g/mol. The van der Waals surface area contributed by atoms with Gasteiger partial charge in [0.15, 0.2) is 0 Å². The van der Waals surface area contributed by atoms with Gasteiger partial charge in [0.2, 0.25) is 0 Å². The van der Waals surface area contributed by atoms with Crippen molar-refractivity contribution in [1.82, 2.24) is 5.32 Å². The van der Waals surface area contributed by atoms with Crippen molar-refractivity contribution in [2.75, 3.05) is 6.54 Å². The van der Waals surface area contributed by atoms with E-state index in [9.17, 15) is 0 Å². The van der Waals surface area contributed by atoms with Gasteiger partial charge in [-0.05, 0) is 25.3 Å². The van der Waals surface area contributed by atoms with Crippen LogP contribution in [0, 0.1) is 11.8 Å². The van der Waals surface area contributed by atoms with Gasteiger partial charge in [0.05, 0.1) is 0 Å². The molecule has 0 heterocycles. The van der Waals surface area contributed by atoms with Crippen LogP contribution in [0.4, 0.5) is 0 Å². The fraction of sp³-hybridized carbons (Fsp3) is 1.00. The summed E-state index contributed by atoms with van der Waals surface area (Å²) in [5.74, 6) is 1.90. The molecule has 0 aromatic rings. The Morgan fingerprint density at radius 3 is 2.36 bits per heavy atom. The Morgan fingerprint density at radius 1 is 1.36 bits per heavy atom. The highest BCUT2D eigenvalue weighted by atomic mass is 14.9. The molecule has 1 heteroatoms. The van der Waals surface area contributed by atoms with E-state index in [-0.39, 0.29) is 0 Å². The number of hydrogen-bond acceptors (Lipinski definition) is 1. The van der Waals surface area contributed by atoms with E-state index in [0.717, 1.165) is 18.4 Å². The van der Waals surface area contributed by atoms with Crippen LogP contribution in [-0.2, 0) is 0 Å².